The first-order valence-electron chi connectivity index (χ1n) is 9.76. The van der Waals surface area contributed by atoms with Crippen LogP contribution in [0.1, 0.15) is 25.3 Å². The summed E-state index contributed by atoms with van der Waals surface area (Å²) in [6.07, 6.45) is 11.2. The molecule has 30 heavy (non-hydrogen) atoms. The van der Waals surface area contributed by atoms with Crippen molar-refractivity contribution < 1.29 is 14.7 Å². The Morgan fingerprint density at radius 2 is 1.93 bits per heavy atom. The first kappa shape index (κ1) is 25.7. The molecule has 0 radical (unpaired) electrons. The topological polar surface area (TPSA) is 81.7 Å². The molecule has 0 aromatic heterocycles. The van der Waals surface area contributed by atoms with Crippen molar-refractivity contribution in [1.82, 2.24) is 10.6 Å². The third-order valence-corrected chi connectivity index (χ3v) is 5.08. The largest absolute Gasteiger partial charge is 0.480 e. The Balaban J connectivity index is 2.38. The van der Waals surface area contributed by atoms with Crippen molar-refractivity contribution in [2.75, 3.05) is 37.3 Å². The molecule has 1 aromatic rings. The van der Waals surface area contributed by atoms with E-state index in [0.717, 1.165) is 35.5 Å². The summed E-state index contributed by atoms with van der Waals surface area (Å²) < 4.78 is 0. The molecule has 0 saturated heterocycles. The molecule has 0 spiro atoms. The maximum absolute atomic E-state index is 11.6. The van der Waals surface area contributed by atoms with E-state index in [2.05, 4.69) is 22.3 Å². The second-order valence-corrected chi connectivity index (χ2v) is 7.98. The number of rotatable bonds is 14. The normalized spacial score (nSPS) is 11.8. The second kappa shape index (κ2) is 15.5. The highest BCUT2D eigenvalue weighted by molar-refractivity contribution is 8.68. The Bertz CT molecular complexity index is 746. The molecule has 0 heterocycles. The average molecular weight is 450 g/mol. The Morgan fingerprint density at radius 3 is 2.57 bits per heavy atom. The van der Waals surface area contributed by atoms with Crippen molar-refractivity contribution in [2.45, 2.75) is 19.8 Å². The summed E-state index contributed by atoms with van der Waals surface area (Å²) in [4.78, 5) is 24.1. The number of amides is 1. The third kappa shape index (κ3) is 11.6. The van der Waals surface area contributed by atoms with Crippen LogP contribution >= 0.6 is 22.5 Å². The zero-order valence-electron chi connectivity index (χ0n) is 17.5. The SMILES string of the molecule is CC=C(C=CNCCCC(=O)NCCSS)C=Cc1ccc(N(C)CC(=O)O)cc1. The molecular formula is C22H31N3O3S2. The van der Waals surface area contributed by atoms with E-state index >= 15 is 0 Å². The Morgan fingerprint density at radius 1 is 1.20 bits per heavy atom. The summed E-state index contributed by atoms with van der Waals surface area (Å²) in [5.74, 6) is 0.0215. The van der Waals surface area contributed by atoms with E-state index in [9.17, 15) is 9.59 Å². The number of hydrogen-bond acceptors (Lipinski definition) is 6. The van der Waals surface area contributed by atoms with Gasteiger partial charge in [0, 0.05) is 38.0 Å². The van der Waals surface area contributed by atoms with Gasteiger partial charge in [0.25, 0.3) is 0 Å². The molecule has 164 valence electrons. The number of benzene rings is 1. The summed E-state index contributed by atoms with van der Waals surface area (Å²) in [7, 11) is 3.17. The van der Waals surface area contributed by atoms with Crippen LogP contribution in [0.25, 0.3) is 6.08 Å². The molecule has 0 atom stereocenters. The molecule has 0 unspecified atom stereocenters. The lowest BCUT2D eigenvalue weighted by molar-refractivity contribution is -0.135. The zero-order valence-corrected chi connectivity index (χ0v) is 19.2. The van der Waals surface area contributed by atoms with Gasteiger partial charge in [0.15, 0.2) is 0 Å². The van der Waals surface area contributed by atoms with Gasteiger partial charge < -0.3 is 20.6 Å². The van der Waals surface area contributed by atoms with Crippen LogP contribution in [0.15, 0.2) is 54.3 Å². The van der Waals surface area contributed by atoms with E-state index in [0.29, 0.717) is 13.0 Å². The molecule has 1 aromatic carbocycles. The van der Waals surface area contributed by atoms with Crippen LogP contribution in [0.3, 0.4) is 0 Å². The number of likely N-dealkylation sites (N-methyl/N-ethyl adjacent to an activating group) is 1. The smallest absolute Gasteiger partial charge is 0.323 e. The van der Waals surface area contributed by atoms with Crippen LogP contribution in [0.4, 0.5) is 5.69 Å². The molecule has 3 N–H and O–H groups in total. The number of carboxylic acid groups (broad SMARTS) is 1. The number of hydrogen-bond donors (Lipinski definition) is 4. The first-order valence-corrected chi connectivity index (χ1v) is 11.8. The molecule has 0 saturated carbocycles. The number of anilines is 1. The molecule has 0 aliphatic carbocycles. The van der Waals surface area contributed by atoms with Gasteiger partial charge in [-0.1, -0.05) is 41.2 Å². The molecule has 0 bridgehead atoms. The lowest BCUT2D eigenvalue weighted by Crippen LogP contribution is -2.26. The van der Waals surface area contributed by atoms with Crippen molar-refractivity contribution in [3.8, 4) is 0 Å². The highest BCUT2D eigenvalue weighted by Crippen LogP contribution is 2.15. The number of nitrogens with one attached hydrogen (secondary N) is 2. The van der Waals surface area contributed by atoms with Gasteiger partial charge in [0.1, 0.15) is 6.54 Å². The molecule has 6 nitrogen and oxygen atoms in total. The van der Waals surface area contributed by atoms with E-state index in [1.807, 2.05) is 61.7 Å². The second-order valence-electron chi connectivity index (χ2n) is 6.54. The van der Waals surface area contributed by atoms with Crippen LogP contribution in [0.2, 0.25) is 0 Å². The molecule has 1 rings (SSSR count). The first-order chi connectivity index (χ1) is 14.5. The number of carbonyl (C=O) groups is 2. The fourth-order valence-corrected chi connectivity index (χ4v) is 2.96. The monoisotopic (exact) mass is 449 g/mol. The van der Waals surface area contributed by atoms with E-state index in [1.54, 1.807) is 11.9 Å². The summed E-state index contributed by atoms with van der Waals surface area (Å²) >= 11 is 4.03. The Kier molecular flexibility index (Phi) is 13.3. The Hall–Kier alpha value is -2.32. The maximum atomic E-state index is 11.6. The molecule has 8 heteroatoms. The van der Waals surface area contributed by atoms with E-state index in [4.69, 9.17) is 5.11 Å². The van der Waals surface area contributed by atoms with Gasteiger partial charge in [-0.3, -0.25) is 9.59 Å². The van der Waals surface area contributed by atoms with Crippen LogP contribution in [-0.4, -0.2) is 49.4 Å². The van der Waals surface area contributed by atoms with Gasteiger partial charge >= 0.3 is 5.97 Å². The minimum absolute atomic E-state index is 0.0321. The molecular weight excluding hydrogens is 418 g/mol. The number of carbonyl (C=O) groups excluding carboxylic acids is 1. The maximum Gasteiger partial charge on any atom is 0.323 e. The molecule has 0 fully saturated rings. The summed E-state index contributed by atoms with van der Waals surface area (Å²) in [6, 6.07) is 7.73. The lowest BCUT2D eigenvalue weighted by atomic mass is 10.1. The predicted molar refractivity (Wildman–Crippen MR) is 131 cm³/mol. The third-order valence-electron chi connectivity index (χ3n) is 4.14. The van der Waals surface area contributed by atoms with Gasteiger partial charge in [-0.05, 0) is 48.9 Å². The van der Waals surface area contributed by atoms with Crippen molar-refractivity contribution in [3.05, 3.63) is 59.8 Å². The van der Waals surface area contributed by atoms with Crippen LogP contribution in [0, 0.1) is 0 Å². The quantitative estimate of drug-likeness (QED) is 0.150. The highest BCUT2D eigenvalue weighted by Gasteiger charge is 2.04. The van der Waals surface area contributed by atoms with Crippen LogP contribution < -0.4 is 15.5 Å². The van der Waals surface area contributed by atoms with Gasteiger partial charge in [-0.15, -0.1) is 11.7 Å². The summed E-state index contributed by atoms with van der Waals surface area (Å²) in [6.45, 7) is 3.33. The van der Waals surface area contributed by atoms with Gasteiger partial charge in [0.2, 0.25) is 5.91 Å². The minimum Gasteiger partial charge on any atom is -0.480 e. The number of nitrogens with zero attached hydrogens (tertiary/aromatic N) is 1. The Labute approximate surface area is 188 Å². The average Bonchev–Trinajstić information content (AvgIpc) is 2.72. The summed E-state index contributed by atoms with van der Waals surface area (Å²) in [5, 5.41) is 14.9. The van der Waals surface area contributed by atoms with Crippen LogP contribution in [0.5, 0.6) is 0 Å². The van der Waals surface area contributed by atoms with Crippen molar-refractivity contribution in [3.63, 3.8) is 0 Å². The number of carboxylic acids is 1. The van der Waals surface area contributed by atoms with E-state index in [1.165, 1.54) is 10.8 Å². The standard InChI is InChI=1S/C22H31N3O3S2/c1-3-18(12-14-23-13-4-5-21(26)24-15-16-30-29)6-7-19-8-10-20(11-9-19)25(2)17-22(27)28/h3,6-12,14,23,29H,4-5,13,15-17H2,1-2H3,(H,24,26)(H,27,28). The zero-order chi connectivity index (χ0) is 22.2. The van der Waals surface area contributed by atoms with Crippen LogP contribution in [-0.2, 0) is 9.59 Å². The van der Waals surface area contributed by atoms with Gasteiger partial charge in [0.05, 0.1) is 0 Å². The fraction of sp³-hybridized carbons (Fsp3) is 0.364. The van der Waals surface area contributed by atoms with Crippen molar-refractivity contribution >= 4 is 46.1 Å². The summed E-state index contributed by atoms with van der Waals surface area (Å²) in [5.41, 5.74) is 2.95. The minimum atomic E-state index is -0.855. The highest BCUT2D eigenvalue weighted by atomic mass is 33.1. The van der Waals surface area contributed by atoms with Crippen molar-refractivity contribution in [2.24, 2.45) is 0 Å². The van der Waals surface area contributed by atoms with Gasteiger partial charge in [-0.25, -0.2) is 0 Å². The molecule has 0 aliphatic rings. The van der Waals surface area contributed by atoms with E-state index < -0.39 is 5.97 Å². The number of aliphatic carboxylic acids is 1. The molecule has 0 aliphatic heterocycles. The fourth-order valence-electron chi connectivity index (χ4n) is 2.49. The molecule has 1 amide bonds. The number of allylic oxidation sites excluding steroid dienone is 4. The predicted octanol–water partition coefficient (Wildman–Crippen LogP) is 3.74. The van der Waals surface area contributed by atoms with Crippen molar-refractivity contribution in [1.29, 1.82) is 0 Å². The lowest BCUT2D eigenvalue weighted by Gasteiger charge is -2.16. The van der Waals surface area contributed by atoms with E-state index in [-0.39, 0.29) is 12.5 Å². The van der Waals surface area contributed by atoms with Gasteiger partial charge in [-0.2, -0.15) is 0 Å². The number of thiol groups is 1.